The number of piperazine rings is 1. The third-order valence-electron chi connectivity index (χ3n) is 3.31. The largest absolute Gasteiger partial charge is 0.352 e. The van der Waals surface area contributed by atoms with Crippen LogP contribution >= 0.6 is 11.6 Å². The Balaban J connectivity index is 2.32. The van der Waals surface area contributed by atoms with Gasteiger partial charge in [0.2, 0.25) is 11.8 Å². The van der Waals surface area contributed by atoms with Crippen molar-refractivity contribution in [3.05, 3.63) is 34.9 Å². The molecule has 0 saturated carbocycles. The number of halogens is 1. The lowest BCUT2D eigenvalue weighted by molar-refractivity contribution is -0.144. The van der Waals surface area contributed by atoms with Gasteiger partial charge in [0.05, 0.1) is 0 Å². The second-order valence-electron chi connectivity index (χ2n) is 5.40. The first kappa shape index (κ1) is 14.9. The molecule has 5 heteroatoms. The average Bonchev–Trinajstić information content (AvgIpc) is 2.39. The highest BCUT2D eigenvalue weighted by molar-refractivity contribution is 6.31. The number of amides is 2. The fraction of sp³-hybridized carbons (Fsp3) is 0.467. The molecule has 1 atom stereocenters. The molecule has 0 aromatic heterocycles. The van der Waals surface area contributed by atoms with Crippen LogP contribution in [0.5, 0.6) is 0 Å². The van der Waals surface area contributed by atoms with E-state index in [0.29, 0.717) is 30.1 Å². The maximum Gasteiger partial charge on any atom is 0.247 e. The fourth-order valence-corrected chi connectivity index (χ4v) is 2.65. The van der Waals surface area contributed by atoms with E-state index in [9.17, 15) is 9.59 Å². The van der Waals surface area contributed by atoms with Gasteiger partial charge in [0.1, 0.15) is 6.04 Å². The van der Waals surface area contributed by atoms with Crippen LogP contribution in [0.4, 0.5) is 0 Å². The molecule has 2 rings (SSSR count). The summed E-state index contributed by atoms with van der Waals surface area (Å²) < 4.78 is 0. The van der Waals surface area contributed by atoms with Gasteiger partial charge in [0, 0.05) is 30.1 Å². The van der Waals surface area contributed by atoms with Crippen LogP contribution in [-0.4, -0.2) is 29.8 Å². The molecule has 4 nitrogen and oxygen atoms in total. The highest BCUT2D eigenvalue weighted by atomic mass is 35.5. The fourth-order valence-electron chi connectivity index (χ4n) is 2.41. The molecule has 0 bridgehead atoms. The molecule has 1 saturated heterocycles. The predicted molar refractivity (Wildman–Crippen MR) is 78.4 cm³/mol. The highest BCUT2D eigenvalue weighted by Gasteiger charge is 2.35. The van der Waals surface area contributed by atoms with E-state index in [1.54, 1.807) is 17.0 Å². The maximum atomic E-state index is 12.4. The van der Waals surface area contributed by atoms with E-state index in [1.165, 1.54) is 0 Å². The third kappa shape index (κ3) is 3.12. The molecule has 1 fully saturated rings. The summed E-state index contributed by atoms with van der Waals surface area (Å²) in [4.78, 5) is 26.2. The van der Waals surface area contributed by atoms with Crippen molar-refractivity contribution in [2.45, 2.75) is 26.3 Å². The number of nitrogens with zero attached hydrogens (tertiary/aromatic N) is 1. The molecular weight excluding hydrogens is 276 g/mol. The van der Waals surface area contributed by atoms with Gasteiger partial charge >= 0.3 is 0 Å². The Bertz CT molecular complexity index is 516. The van der Waals surface area contributed by atoms with Crippen LogP contribution in [0, 0.1) is 5.92 Å². The monoisotopic (exact) mass is 294 g/mol. The summed E-state index contributed by atoms with van der Waals surface area (Å²) in [5.41, 5.74) is 0.684. The van der Waals surface area contributed by atoms with Gasteiger partial charge in [-0.25, -0.2) is 0 Å². The first-order valence-electron chi connectivity index (χ1n) is 6.82. The van der Waals surface area contributed by atoms with Gasteiger partial charge in [-0.1, -0.05) is 43.6 Å². The zero-order valence-corrected chi connectivity index (χ0v) is 12.5. The van der Waals surface area contributed by atoms with E-state index in [4.69, 9.17) is 11.6 Å². The Morgan fingerprint density at radius 2 is 2.15 bits per heavy atom. The first-order chi connectivity index (χ1) is 9.50. The molecule has 2 amide bonds. The zero-order valence-electron chi connectivity index (χ0n) is 11.7. The molecule has 1 N–H and O–H groups in total. The molecule has 20 heavy (non-hydrogen) atoms. The summed E-state index contributed by atoms with van der Waals surface area (Å²) in [5, 5.41) is 3.32. The number of carbonyl (C=O) groups excluding carboxylic acids is 2. The summed E-state index contributed by atoms with van der Waals surface area (Å²) in [6.07, 6.45) is 0.439. The molecule has 1 aromatic carbocycles. The summed E-state index contributed by atoms with van der Waals surface area (Å²) in [5.74, 6) is 0.0978. The van der Waals surface area contributed by atoms with Gasteiger partial charge in [-0.15, -0.1) is 0 Å². The molecule has 1 aliphatic heterocycles. The van der Waals surface area contributed by atoms with Crippen molar-refractivity contribution in [3.8, 4) is 0 Å². The van der Waals surface area contributed by atoms with E-state index in [0.717, 1.165) is 0 Å². The lowest BCUT2D eigenvalue weighted by Gasteiger charge is -2.36. The Morgan fingerprint density at radius 1 is 1.45 bits per heavy atom. The number of benzene rings is 1. The number of hydrogen-bond donors (Lipinski definition) is 1. The van der Waals surface area contributed by atoms with Crippen molar-refractivity contribution in [2.75, 3.05) is 13.1 Å². The second kappa shape index (κ2) is 6.27. The Hall–Kier alpha value is -1.55. The highest BCUT2D eigenvalue weighted by Crippen LogP contribution is 2.30. The third-order valence-corrected chi connectivity index (χ3v) is 3.66. The first-order valence-corrected chi connectivity index (χ1v) is 7.20. The van der Waals surface area contributed by atoms with Crippen LogP contribution in [0.1, 0.15) is 31.9 Å². The van der Waals surface area contributed by atoms with Crippen LogP contribution in [0.3, 0.4) is 0 Å². The van der Waals surface area contributed by atoms with Crippen molar-refractivity contribution < 1.29 is 9.59 Å². The zero-order chi connectivity index (χ0) is 14.7. The quantitative estimate of drug-likeness (QED) is 0.930. The van der Waals surface area contributed by atoms with Gasteiger partial charge in [0.15, 0.2) is 0 Å². The number of hydrogen-bond acceptors (Lipinski definition) is 2. The molecule has 1 aliphatic rings. The minimum atomic E-state index is -0.622. The summed E-state index contributed by atoms with van der Waals surface area (Å²) in [7, 11) is 0. The Morgan fingerprint density at radius 3 is 2.80 bits per heavy atom. The molecule has 1 aromatic rings. The average molecular weight is 295 g/mol. The molecule has 1 heterocycles. The molecule has 0 spiro atoms. The van der Waals surface area contributed by atoms with Gasteiger partial charge < -0.3 is 10.2 Å². The van der Waals surface area contributed by atoms with Crippen LogP contribution in [0.15, 0.2) is 24.3 Å². The van der Waals surface area contributed by atoms with Crippen molar-refractivity contribution >= 4 is 23.4 Å². The standard InChI is InChI=1S/C15H19ClN2O2/c1-10(2)9-13(19)18-8-7-17-15(20)14(18)11-5-3-4-6-12(11)16/h3-6,10,14H,7-9H2,1-2H3,(H,17,20). The van der Waals surface area contributed by atoms with Gasteiger partial charge in [0.25, 0.3) is 0 Å². The van der Waals surface area contributed by atoms with Crippen molar-refractivity contribution in [1.82, 2.24) is 10.2 Å². The lowest BCUT2D eigenvalue weighted by Crippen LogP contribution is -2.52. The SMILES string of the molecule is CC(C)CC(=O)N1CCNC(=O)C1c1ccccc1Cl. The van der Waals surface area contributed by atoms with E-state index >= 15 is 0 Å². The van der Waals surface area contributed by atoms with Crippen molar-refractivity contribution in [2.24, 2.45) is 5.92 Å². The maximum absolute atomic E-state index is 12.4. The lowest BCUT2D eigenvalue weighted by atomic mass is 10.0. The van der Waals surface area contributed by atoms with E-state index < -0.39 is 6.04 Å². The van der Waals surface area contributed by atoms with E-state index in [-0.39, 0.29) is 17.7 Å². The molecule has 108 valence electrons. The van der Waals surface area contributed by atoms with Crippen LogP contribution < -0.4 is 5.32 Å². The number of rotatable bonds is 3. The number of carbonyl (C=O) groups is 2. The Kier molecular flexibility index (Phi) is 4.65. The van der Waals surface area contributed by atoms with Crippen molar-refractivity contribution in [3.63, 3.8) is 0 Å². The minimum Gasteiger partial charge on any atom is -0.352 e. The van der Waals surface area contributed by atoms with Gasteiger partial charge in [-0.2, -0.15) is 0 Å². The number of nitrogens with one attached hydrogen (secondary N) is 1. The van der Waals surface area contributed by atoms with Crippen molar-refractivity contribution in [1.29, 1.82) is 0 Å². The van der Waals surface area contributed by atoms with Crippen LogP contribution in [-0.2, 0) is 9.59 Å². The molecular formula is C15H19ClN2O2. The summed E-state index contributed by atoms with van der Waals surface area (Å²) >= 11 is 6.18. The van der Waals surface area contributed by atoms with Crippen LogP contribution in [0.25, 0.3) is 0 Å². The molecule has 0 radical (unpaired) electrons. The van der Waals surface area contributed by atoms with Gasteiger partial charge in [-0.3, -0.25) is 9.59 Å². The second-order valence-corrected chi connectivity index (χ2v) is 5.81. The predicted octanol–water partition coefficient (Wildman–Crippen LogP) is 2.39. The minimum absolute atomic E-state index is 0.000213. The Labute approximate surface area is 124 Å². The normalized spacial score (nSPS) is 19.1. The van der Waals surface area contributed by atoms with E-state index in [2.05, 4.69) is 5.32 Å². The molecule has 1 unspecified atom stereocenters. The molecule has 0 aliphatic carbocycles. The topological polar surface area (TPSA) is 49.4 Å². The van der Waals surface area contributed by atoms with Gasteiger partial charge in [-0.05, 0) is 12.0 Å². The van der Waals surface area contributed by atoms with E-state index in [1.807, 2.05) is 26.0 Å². The van der Waals surface area contributed by atoms with Crippen LogP contribution in [0.2, 0.25) is 5.02 Å². The summed E-state index contributed by atoms with van der Waals surface area (Å²) in [6.45, 7) is 5.00. The smallest absolute Gasteiger partial charge is 0.247 e. The summed E-state index contributed by atoms with van der Waals surface area (Å²) in [6, 6.07) is 6.56.